The lowest BCUT2D eigenvalue weighted by Gasteiger charge is -2.25. The summed E-state index contributed by atoms with van der Waals surface area (Å²) in [4.78, 5) is 24.0. The lowest BCUT2D eigenvalue weighted by molar-refractivity contribution is 0.0483. The molecule has 5 nitrogen and oxygen atoms in total. The minimum atomic E-state index is -0.559. The van der Waals surface area contributed by atoms with Gasteiger partial charge in [-0.2, -0.15) is 0 Å². The van der Waals surface area contributed by atoms with Crippen LogP contribution < -0.4 is 5.32 Å². The van der Waals surface area contributed by atoms with Crippen LogP contribution in [-0.4, -0.2) is 23.5 Å². The van der Waals surface area contributed by atoms with Crippen molar-refractivity contribution in [3.63, 3.8) is 0 Å². The number of ether oxygens (including phenoxy) is 1. The van der Waals surface area contributed by atoms with Gasteiger partial charge in [0.25, 0.3) is 0 Å². The van der Waals surface area contributed by atoms with E-state index in [2.05, 4.69) is 5.32 Å². The second-order valence-electron chi connectivity index (χ2n) is 5.79. The van der Waals surface area contributed by atoms with Gasteiger partial charge in [0.1, 0.15) is 5.60 Å². The fourth-order valence-corrected chi connectivity index (χ4v) is 1.87. The van der Waals surface area contributed by atoms with E-state index < -0.39 is 11.7 Å². The summed E-state index contributed by atoms with van der Waals surface area (Å²) in [5.41, 5.74) is -0.559. The van der Waals surface area contributed by atoms with Crippen molar-refractivity contribution in [2.45, 2.75) is 52.7 Å². The molecule has 1 aromatic rings. The first-order valence-corrected chi connectivity index (χ1v) is 6.82. The molecule has 2 unspecified atom stereocenters. The van der Waals surface area contributed by atoms with Crippen molar-refractivity contribution in [3.8, 4) is 0 Å². The Morgan fingerprint density at radius 1 is 1.40 bits per heavy atom. The van der Waals surface area contributed by atoms with Crippen molar-refractivity contribution in [2.24, 2.45) is 5.92 Å². The summed E-state index contributed by atoms with van der Waals surface area (Å²) in [5.74, 6) is -0.196. The molecule has 1 rings (SSSR count). The Hall–Kier alpha value is -1.78. The molecule has 2 atom stereocenters. The molecule has 1 N–H and O–H groups in total. The second-order valence-corrected chi connectivity index (χ2v) is 5.79. The Kier molecular flexibility index (Phi) is 5.36. The van der Waals surface area contributed by atoms with Crippen molar-refractivity contribution in [2.75, 3.05) is 0 Å². The molecule has 1 aromatic heterocycles. The molecule has 0 aliphatic rings. The van der Waals surface area contributed by atoms with E-state index in [9.17, 15) is 9.59 Å². The molecule has 0 aliphatic heterocycles. The minimum Gasteiger partial charge on any atom is -0.461 e. The number of hydrogen-bond acceptors (Lipinski definition) is 4. The zero-order valence-corrected chi connectivity index (χ0v) is 12.7. The molecule has 0 bridgehead atoms. The zero-order valence-electron chi connectivity index (χ0n) is 12.7. The van der Waals surface area contributed by atoms with Crippen molar-refractivity contribution in [3.05, 3.63) is 24.2 Å². The van der Waals surface area contributed by atoms with Gasteiger partial charge in [0, 0.05) is 12.0 Å². The van der Waals surface area contributed by atoms with Crippen LogP contribution >= 0.6 is 0 Å². The predicted molar refractivity (Wildman–Crippen MR) is 75.7 cm³/mol. The maximum absolute atomic E-state index is 12.2. The van der Waals surface area contributed by atoms with Crippen molar-refractivity contribution in [1.82, 2.24) is 5.32 Å². The molecular weight excluding hydrogens is 258 g/mol. The largest absolute Gasteiger partial charge is 0.461 e. The van der Waals surface area contributed by atoms with E-state index in [0.29, 0.717) is 12.2 Å². The number of ketones is 1. The standard InChI is InChI=1S/C15H23NO4/c1-6-11(16-14(18)20-15(3,4)5)10(2)13(17)12-8-7-9-19-12/h7-11H,6H2,1-5H3,(H,16,18). The third kappa shape index (κ3) is 4.72. The van der Waals surface area contributed by atoms with Crippen LogP contribution in [0, 0.1) is 5.92 Å². The van der Waals surface area contributed by atoms with E-state index in [1.54, 1.807) is 39.8 Å². The van der Waals surface area contributed by atoms with Gasteiger partial charge in [-0.15, -0.1) is 0 Å². The summed E-state index contributed by atoms with van der Waals surface area (Å²) in [7, 11) is 0. The van der Waals surface area contributed by atoms with Gasteiger partial charge in [-0.3, -0.25) is 4.79 Å². The van der Waals surface area contributed by atoms with Crippen LogP contribution in [0.2, 0.25) is 0 Å². The molecule has 20 heavy (non-hydrogen) atoms. The van der Waals surface area contributed by atoms with Gasteiger partial charge in [0.15, 0.2) is 5.76 Å². The predicted octanol–water partition coefficient (Wildman–Crippen LogP) is 3.40. The van der Waals surface area contributed by atoms with E-state index >= 15 is 0 Å². The Morgan fingerprint density at radius 2 is 2.05 bits per heavy atom. The molecule has 112 valence electrons. The van der Waals surface area contributed by atoms with Crippen LogP contribution in [0.5, 0.6) is 0 Å². The first kappa shape index (κ1) is 16.3. The lowest BCUT2D eigenvalue weighted by atomic mass is 9.94. The molecule has 0 fully saturated rings. The van der Waals surface area contributed by atoms with E-state index in [1.807, 2.05) is 6.92 Å². The van der Waals surface area contributed by atoms with Gasteiger partial charge in [0.2, 0.25) is 5.78 Å². The van der Waals surface area contributed by atoms with Gasteiger partial charge in [-0.1, -0.05) is 13.8 Å². The minimum absolute atomic E-state index is 0.127. The van der Waals surface area contributed by atoms with Crippen LogP contribution in [0.3, 0.4) is 0 Å². The molecule has 0 saturated carbocycles. The molecule has 0 aliphatic carbocycles. The van der Waals surface area contributed by atoms with Gasteiger partial charge in [-0.05, 0) is 39.3 Å². The van der Waals surface area contributed by atoms with Crippen molar-refractivity contribution < 1.29 is 18.7 Å². The SMILES string of the molecule is CCC(NC(=O)OC(C)(C)C)C(C)C(=O)c1ccco1. The van der Waals surface area contributed by atoms with E-state index in [4.69, 9.17) is 9.15 Å². The highest BCUT2D eigenvalue weighted by Crippen LogP contribution is 2.16. The summed E-state index contributed by atoms with van der Waals surface area (Å²) in [6, 6.07) is 3.00. The normalized spacial score (nSPS) is 14.4. The number of hydrogen-bond donors (Lipinski definition) is 1. The lowest BCUT2D eigenvalue weighted by Crippen LogP contribution is -2.44. The van der Waals surface area contributed by atoms with Crippen LogP contribution in [0.25, 0.3) is 0 Å². The Labute approximate surface area is 119 Å². The number of rotatable bonds is 5. The molecule has 0 radical (unpaired) electrons. The molecule has 0 aromatic carbocycles. The fraction of sp³-hybridized carbons (Fsp3) is 0.600. The highest BCUT2D eigenvalue weighted by molar-refractivity contribution is 5.95. The summed E-state index contributed by atoms with van der Waals surface area (Å²) in [6.45, 7) is 9.07. The highest BCUT2D eigenvalue weighted by Gasteiger charge is 2.28. The Morgan fingerprint density at radius 3 is 2.50 bits per heavy atom. The fourth-order valence-electron chi connectivity index (χ4n) is 1.87. The number of amides is 1. The number of Topliss-reactive ketones (excluding diaryl/α,β-unsaturated/α-hetero) is 1. The topological polar surface area (TPSA) is 68.5 Å². The van der Waals surface area contributed by atoms with Gasteiger partial charge in [-0.25, -0.2) is 4.79 Å². The van der Waals surface area contributed by atoms with E-state index in [0.717, 1.165) is 0 Å². The molecule has 1 amide bonds. The quantitative estimate of drug-likeness (QED) is 0.840. The van der Waals surface area contributed by atoms with E-state index in [-0.39, 0.29) is 17.7 Å². The maximum Gasteiger partial charge on any atom is 0.407 e. The van der Waals surface area contributed by atoms with Gasteiger partial charge >= 0.3 is 6.09 Å². The third-order valence-electron chi connectivity index (χ3n) is 2.92. The van der Waals surface area contributed by atoms with Crippen LogP contribution in [0.15, 0.2) is 22.8 Å². The van der Waals surface area contributed by atoms with Gasteiger partial charge in [0.05, 0.1) is 6.26 Å². The number of carbonyl (C=O) groups excluding carboxylic acids is 2. The number of alkyl carbamates (subject to hydrolysis) is 1. The average molecular weight is 281 g/mol. The molecular formula is C15H23NO4. The summed E-state index contributed by atoms with van der Waals surface area (Å²) < 4.78 is 10.3. The Balaban J connectivity index is 2.66. The highest BCUT2D eigenvalue weighted by atomic mass is 16.6. The van der Waals surface area contributed by atoms with E-state index in [1.165, 1.54) is 6.26 Å². The summed E-state index contributed by atoms with van der Waals surface area (Å²) >= 11 is 0. The average Bonchev–Trinajstić information content (AvgIpc) is 2.85. The first-order valence-electron chi connectivity index (χ1n) is 6.82. The Bertz CT molecular complexity index is 445. The number of nitrogens with one attached hydrogen (secondary N) is 1. The van der Waals surface area contributed by atoms with Crippen LogP contribution in [0.4, 0.5) is 4.79 Å². The van der Waals surface area contributed by atoms with Crippen LogP contribution in [-0.2, 0) is 4.74 Å². The molecule has 1 heterocycles. The number of furan rings is 1. The monoisotopic (exact) mass is 281 g/mol. The first-order chi connectivity index (χ1) is 9.24. The summed E-state index contributed by atoms with van der Waals surface area (Å²) in [5, 5.41) is 2.74. The van der Waals surface area contributed by atoms with Crippen LogP contribution in [0.1, 0.15) is 51.6 Å². The van der Waals surface area contributed by atoms with Crippen molar-refractivity contribution >= 4 is 11.9 Å². The maximum atomic E-state index is 12.2. The zero-order chi connectivity index (χ0) is 15.3. The second kappa shape index (κ2) is 6.59. The molecule has 0 spiro atoms. The summed E-state index contributed by atoms with van der Waals surface area (Å²) in [6.07, 6.45) is 1.58. The smallest absolute Gasteiger partial charge is 0.407 e. The third-order valence-corrected chi connectivity index (χ3v) is 2.92. The molecule has 5 heteroatoms. The van der Waals surface area contributed by atoms with Gasteiger partial charge < -0.3 is 14.5 Å². The van der Waals surface area contributed by atoms with Crippen molar-refractivity contribution in [1.29, 1.82) is 0 Å². The number of carbonyl (C=O) groups is 2. The molecule has 0 saturated heterocycles.